The van der Waals surface area contributed by atoms with Gasteiger partial charge in [-0.15, -0.1) is 0 Å². The van der Waals surface area contributed by atoms with Crippen molar-refractivity contribution in [3.8, 4) is 0 Å². The molecule has 1 aromatic carbocycles. The molecule has 0 saturated carbocycles. The van der Waals surface area contributed by atoms with Gasteiger partial charge in [0.25, 0.3) is 0 Å². The van der Waals surface area contributed by atoms with Crippen molar-refractivity contribution in [1.29, 1.82) is 0 Å². The Balaban J connectivity index is 1.91. The zero-order valence-corrected chi connectivity index (χ0v) is 10.8. The fraction of sp³-hybridized carbons (Fsp3) is 0.571. The molecule has 1 aliphatic heterocycles. The highest BCUT2D eigenvalue weighted by molar-refractivity contribution is 5.16. The van der Waals surface area contributed by atoms with E-state index in [0.29, 0.717) is 12.2 Å². The molecule has 0 N–H and O–H groups in total. The molecule has 0 radical (unpaired) electrons. The second kappa shape index (κ2) is 6.27. The number of hydrogen-bond acceptors (Lipinski definition) is 3. The zero-order valence-electron chi connectivity index (χ0n) is 10.8. The minimum absolute atomic E-state index is 0.0144. The maximum Gasteiger partial charge on any atom is 0.155 e. The summed E-state index contributed by atoms with van der Waals surface area (Å²) in [5.74, 6) is -0.239. The lowest BCUT2D eigenvalue weighted by Crippen LogP contribution is -2.43. The summed E-state index contributed by atoms with van der Waals surface area (Å²) in [5, 5.41) is 0. The molecule has 100 valence electrons. The lowest BCUT2D eigenvalue weighted by atomic mass is 10.1. The van der Waals surface area contributed by atoms with E-state index in [0.717, 1.165) is 6.42 Å². The van der Waals surface area contributed by atoms with E-state index in [1.165, 1.54) is 6.07 Å². The van der Waals surface area contributed by atoms with E-state index >= 15 is 0 Å². The zero-order chi connectivity index (χ0) is 13.0. The van der Waals surface area contributed by atoms with E-state index in [-0.39, 0.29) is 30.9 Å². The number of ether oxygens (including phenoxy) is 3. The van der Waals surface area contributed by atoms with Crippen LogP contribution >= 0.6 is 0 Å². The van der Waals surface area contributed by atoms with Gasteiger partial charge in [0.15, 0.2) is 6.29 Å². The van der Waals surface area contributed by atoms with Crippen molar-refractivity contribution in [2.24, 2.45) is 0 Å². The fourth-order valence-electron chi connectivity index (χ4n) is 2.04. The van der Waals surface area contributed by atoms with Gasteiger partial charge in [-0.05, 0) is 19.4 Å². The van der Waals surface area contributed by atoms with Crippen molar-refractivity contribution >= 4 is 0 Å². The SMILES string of the molecule is CC[C@H]1O[C@@H](C)OC[C@H]1OCc1ccccc1F. The summed E-state index contributed by atoms with van der Waals surface area (Å²) in [6.07, 6.45) is 0.546. The van der Waals surface area contributed by atoms with Crippen LogP contribution in [0, 0.1) is 5.82 Å². The first-order valence-corrected chi connectivity index (χ1v) is 6.32. The van der Waals surface area contributed by atoms with Gasteiger partial charge in [0.05, 0.1) is 19.3 Å². The molecule has 1 fully saturated rings. The van der Waals surface area contributed by atoms with Crippen molar-refractivity contribution in [3.63, 3.8) is 0 Å². The van der Waals surface area contributed by atoms with Gasteiger partial charge in [-0.3, -0.25) is 0 Å². The Kier molecular flexibility index (Phi) is 4.69. The van der Waals surface area contributed by atoms with Crippen LogP contribution in [0.15, 0.2) is 24.3 Å². The molecule has 0 spiro atoms. The predicted molar refractivity (Wildman–Crippen MR) is 65.6 cm³/mol. The van der Waals surface area contributed by atoms with Crippen molar-refractivity contribution in [2.45, 2.75) is 45.4 Å². The standard InChI is InChI=1S/C14H19FO3/c1-3-13-14(9-16-10(2)18-13)17-8-11-6-4-5-7-12(11)15/h4-7,10,13-14H,3,8-9H2,1-2H3/t10-,13+,14+/m0/s1. The van der Waals surface area contributed by atoms with Crippen molar-refractivity contribution < 1.29 is 18.6 Å². The molecule has 1 saturated heterocycles. The molecule has 3 atom stereocenters. The van der Waals surface area contributed by atoms with Gasteiger partial charge in [0.1, 0.15) is 11.9 Å². The number of rotatable bonds is 4. The van der Waals surface area contributed by atoms with E-state index in [4.69, 9.17) is 14.2 Å². The molecule has 1 aliphatic rings. The van der Waals surface area contributed by atoms with Crippen molar-refractivity contribution in [3.05, 3.63) is 35.6 Å². The smallest absolute Gasteiger partial charge is 0.155 e. The average molecular weight is 254 g/mol. The molecule has 1 heterocycles. The minimum Gasteiger partial charge on any atom is -0.368 e. The van der Waals surface area contributed by atoms with E-state index < -0.39 is 0 Å². The van der Waals surface area contributed by atoms with Gasteiger partial charge in [0, 0.05) is 5.56 Å². The van der Waals surface area contributed by atoms with E-state index in [1.807, 2.05) is 13.8 Å². The summed E-state index contributed by atoms with van der Waals surface area (Å²) in [6, 6.07) is 6.63. The Morgan fingerprint density at radius 3 is 2.89 bits per heavy atom. The predicted octanol–water partition coefficient (Wildman–Crippen LogP) is 2.88. The van der Waals surface area contributed by atoms with Crippen LogP contribution in [0.1, 0.15) is 25.8 Å². The van der Waals surface area contributed by atoms with Crippen LogP contribution in [0.3, 0.4) is 0 Å². The third-order valence-electron chi connectivity index (χ3n) is 3.09. The highest BCUT2D eigenvalue weighted by Gasteiger charge is 2.29. The Hall–Kier alpha value is -0.970. The topological polar surface area (TPSA) is 27.7 Å². The molecule has 0 unspecified atom stereocenters. The molecular formula is C14H19FO3. The Morgan fingerprint density at radius 2 is 2.17 bits per heavy atom. The molecule has 2 rings (SSSR count). The summed E-state index contributed by atoms with van der Waals surface area (Å²) in [6.45, 7) is 4.65. The van der Waals surface area contributed by atoms with Crippen LogP contribution in [-0.2, 0) is 20.8 Å². The lowest BCUT2D eigenvalue weighted by Gasteiger charge is -2.34. The third kappa shape index (κ3) is 3.28. The average Bonchev–Trinajstić information content (AvgIpc) is 2.39. The van der Waals surface area contributed by atoms with Gasteiger partial charge in [-0.25, -0.2) is 4.39 Å². The Morgan fingerprint density at radius 1 is 1.39 bits per heavy atom. The molecule has 0 aliphatic carbocycles. The molecule has 18 heavy (non-hydrogen) atoms. The third-order valence-corrected chi connectivity index (χ3v) is 3.09. The van der Waals surface area contributed by atoms with Crippen LogP contribution in [0.4, 0.5) is 4.39 Å². The summed E-state index contributed by atoms with van der Waals surface area (Å²) < 4.78 is 30.2. The maximum absolute atomic E-state index is 13.4. The highest BCUT2D eigenvalue weighted by atomic mass is 19.1. The molecule has 0 aromatic heterocycles. The van der Waals surface area contributed by atoms with Gasteiger partial charge in [0.2, 0.25) is 0 Å². The van der Waals surface area contributed by atoms with Crippen molar-refractivity contribution in [1.82, 2.24) is 0 Å². The van der Waals surface area contributed by atoms with Crippen LogP contribution in [0.5, 0.6) is 0 Å². The minimum atomic E-state index is -0.239. The van der Waals surface area contributed by atoms with Crippen LogP contribution in [0.25, 0.3) is 0 Å². The quantitative estimate of drug-likeness (QED) is 0.827. The summed E-state index contributed by atoms with van der Waals surface area (Å²) in [4.78, 5) is 0. The summed E-state index contributed by atoms with van der Waals surface area (Å²) in [5.41, 5.74) is 0.561. The monoisotopic (exact) mass is 254 g/mol. The molecular weight excluding hydrogens is 235 g/mol. The van der Waals surface area contributed by atoms with Gasteiger partial charge in [-0.1, -0.05) is 25.1 Å². The molecule has 0 bridgehead atoms. The summed E-state index contributed by atoms with van der Waals surface area (Å²) in [7, 11) is 0. The molecule has 4 heteroatoms. The van der Waals surface area contributed by atoms with E-state index in [1.54, 1.807) is 18.2 Å². The van der Waals surface area contributed by atoms with Gasteiger partial charge in [-0.2, -0.15) is 0 Å². The molecule has 0 amide bonds. The Labute approximate surface area is 107 Å². The Bertz CT molecular complexity index is 383. The van der Waals surface area contributed by atoms with E-state index in [9.17, 15) is 4.39 Å². The number of benzene rings is 1. The lowest BCUT2D eigenvalue weighted by molar-refractivity contribution is -0.256. The normalized spacial score (nSPS) is 28.3. The maximum atomic E-state index is 13.4. The van der Waals surface area contributed by atoms with Gasteiger partial charge >= 0.3 is 0 Å². The second-order valence-corrected chi connectivity index (χ2v) is 4.42. The van der Waals surface area contributed by atoms with Crippen LogP contribution < -0.4 is 0 Å². The van der Waals surface area contributed by atoms with Crippen LogP contribution in [0.2, 0.25) is 0 Å². The fourth-order valence-corrected chi connectivity index (χ4v) is 2.04. The van der Waals surface area contributed by atoms with Crippen molar-refractivity contribution in [2.75, 3.05) is 6.61 Å². The number of halogens is 1. The largest absolute Gasteiger partial charge is 0.368 e. The highest BCUT2D eigenvalue weighted by Crippen LogP contribution is 2.20. The molecule has 3 nitrogen and oxygen atoms in total. The first-order chi connectivity index (χ1) is 8.70. The van der Waals surface area contributed by atoms with Gasteiger partial charge < -0.3 is 14.2 Å². The van der Waals surface area contributed by atoms with Crippen LogP contribution in [-0.4, -0.2) is 25.1 Å². The first-order valence-electron chi connectivity index (χ1n) is 6.32. The first kappa shape index (κ1) is 13.5. The molecule has 1 aromatic rings. The number of hydrogen-bond donors (Lipinski definition) is 0. The summed E-state index contributed by atoms with van der Waals surface area (Å²) >= 11 is 0. The van der Waals surface area contributed by atoms with E-state index in [2.05, 4.69) is 0 Å². The second-order valence-electron chi connectivity index (χ2n) is 4.42.